The first-order valence-corrected chi connectivity index (χ1v) is 5.64. The number of nitro benzene ring substituents is 1. The summed E-state index contributed by atoms with van der Waals surface area (Å²) in [6.45, 7) is 0. The molecule has 21 heavy (non-hydrogen) atoms. The van der Waals surface area contributed by atoms with Crippen LogP contribution in [0.2, 0.25) is 0 Å². The molecule has 2 rings (SSSR count). The van der Waals surface area contributed by atoms with Crippen molar-refractivity contribution in [2.75, 3.05) is 5.73 Å². The molecule has 0 aliphatic carbocycles. The lowest BCUT2D eigenvalue weighted by Crippen LogP contribution is -2.08. The molecule has 2 aromatic carbocycles. The molecular weight excluding hydrogens is 289 g/mol. The fourth-order valence-electron chi connectivity index (χ4n) is 1.88. The standard InChI is InChI=1S/C13H9F3N2O3/c14-13(15,16)10-4-1-7(5-11(10)18(20)21)9-3-2-8(17)6-12(9)19/h1-6,19H,17H2. The number of phenolic OH excluding ortho intramolecular Hbond substituents is 1. The van der Waals surface area contributed by atoms with E-state index in [4.69, 9.17) is 5.73 Å². The van der Waals surface area contributed by atoms with Crippen LogP contribution in [-0.2, 0) is 6.18 Å². The predicted molar refractivity (Wildman–Crippen MR) is 69.6 cm³/mol. The monoisotopic (exact) mass is 298 g/mol. The summed E-state index contributed by atoms with van der Waals surface area (Å²) in [5.41, 5.74) is 3.54. The molecular formula is C13H9F3N2O3. The molecule has 3 N–H and O–H groups in total. The molecule has 0 heterocycles. The van der Waals surface area contributed by atoms with Gasteiger partial charge >= 0.3 is 6.18 Å². The number of alkyl halides is 3. The summed E-state index contributed by atoms with van der Waals surface area (Å²) in [4.78, 5) is 9.70. The first-order chi connectivity index (χ1) is 9.70. The topological polar surface area (TPSA) is 89.4 Å². The summed E-state index contributed by atoms with van der Waals surface area (Å²) in [5.74, 6) is -0.274. The molecule has 0 saturated carbocycles. The SMILES string of the molecule is Nc1ccc(-c2ccc(C(F)(F)F)c([N+](=O)[O-])c2)c(O)c1. The van der Waals surface area contributed by atoms with Crippen molar-refractivity contribution < 1.29 is 23.2 Å². The Morgan fingerprint density at radius 1 is 1.14 bits per heavy atom. The molecule has 5 nitrogen and oxygen atoms in total. The Hall–Kier alpha value is -2.77. The van der Waals surface area contributed by atoms with Crippen LogP contribution in [0.25, 0.3) is 11.1 Å². The number of rotatable bonds is 2. The lowest BCUT2D eigenvalue weighted by Gasteiger charge is -2.10. The molecule has 0 radical (unpaired) electrons. The number of phenols is 1. The van der Waals surface area contributed by atoms with Gasteiger partial charge in [0.25, 0.3) is 5.69 Å². The number of hydrogen-bond donors (Lipinski definition) is 2. The summed E-state index contributed by atoms with van der Waals surface area (Å²) in [6.07, 6.45) is -4.83. The first-order valence-electron chi connectivity index (χ1n) is 5.64. The van der Waals surface area contributed by atoms with E-state index in [-0.39, 0.29) is 22.6 Å². The zero-order chi connectivity index (χ0) is 15.8. The van der Waals surface area contributed by atoms with Crippen LogP contribution in [0.4, 0.5) is 24.5 Å². The van der Waals surface area contributed by atoms with Gasteiger partial charge in [-0.15, -0.1) is 0 Å². The van der Waals surface area contributed by atoms with Gasteiger partial charge in [-0.25, -0.2) is 0 Å². The van der Waals surface area contributed by atoms with Crippen molar-refractivity contribution in [1.29, 1.82) is 0 Å². The maximum Gasteiger partial charge on any atom is 0.422 e. The minimum absolute atomic E-state index is 0.0900. The molecule has 110 valence electrons. The Labute approximate surface area is 116 Å². The number of hydrogen-bond acceptors (Lipinski definition) is 4. The van der Waals surface area contributed by atoms with E-state index in [1.807, 2.05) is 0 Å². The largest absolute Gasteiger partial charge is 0.507 e. The Kier molecular flexibility index (Phi) is 3.46. The second-order valence-electron chi connectivity index (χ2n) is 4.26. The van der Waals surface area contributed by atoms with E-state index >= 15 is 0 Å². The zero-order valence-electron chi connectivity index (χ0n) is 10.4. The molecule has 0 bridgehead atoms. The number of anilines is 1. The quantitative estimate of drug-likeness (QED) is 0.504. The molecule has 8 heteroatoms. The van der Waals surface area contributed by atoms with E-state index in [0.717, 1.165) is 12.1 Å². The second-order valence-corrected chi connectivity index (χ2v) is 4.26. The van der Waals surface area contributed by atoms with E-state index in [1.54, 1.807) is 0 Å². The van der Waals surface area contributed by atoms with Crippen LogP contribution in [0.5, 0.6) is 5.75 Å². The third-order valence-corrected chi connectivity index (χ3v) is 2.83. The minimum Gasteiger partial charge on any atom is -0.507 e. The van der Waals surface area contributed by atoms with E-state index in [0.29, 0.717) is 6.07 Å². The van der Waals surface area contributed by atoms with Gasteiger partial charge in [0.05, 0.1) is 4.92 Å². The van der Waals surface area contributed by atoms with Crippen molar-refractivity contribution in [3.8, 4) is 16.9 Å². The van der Waals surface area contributed by atoms with Crippen LogP contribution < -0.4 is 5.73 Å². The summed E-state index contributed by atoms with van der Waals surface area (Å²) in [7, 11) is 0. The van der Waals surface area contributed by atoms with Crippen LogP contribution in [0.1, 0.15) is 5.56 Å². The van der Waals surface area contributed by atoms with Crippen LogP contribution in [0, 0.1) is 10.1 Å². The van der Waals surface area contributed by atoms with Gasteiger partial charge < -0.3 is 10.8 Å². The summed E-state index contributed by atoms with van der Waals surface area (Å²) < 4.78 is 38.1. The van der Waals surface area contributed by atoms with E-state index in [1.165, 1.54) is 18.2 Å². The van der Waals surface area contributed by atoms with Gasteiger partial charge in [-0.2, -0.15) is 13.2 Å². The summed E-state index contributed by atoms with van der Waals surface area (Å²) >= 11 is 0. The molecule has 0 aliphatic heterocycles. The van der Waals surface area contributed by atoms with Crippen molar-refractivity contribution in [3.63, 3.8) is 0 Å². The number of halogens is 3. The van der Waals surface area contributed by atoms with Gasteiger partial charge in [0, 0.05) is 23.4 Å². The average molecular weight is 298 g/mol. The van der Waals surface area contributed by atoms with Crippen molar-refractivity contribution in [2.24, 2.45) is 0 Å². The molecule has 0 unspecified atom stereocenters. The molecule has 0 amide bonds. The van der Waals surface area contributed by atoms with Crippen molar-refractivity contribution in [3.05, 3.63) is 52.1 Å². The molecule has 0 aliphatic rings. The first kappa shape index (κ1) is 14.6. The molecule has 0 spiro atoms. The highest BCUT2D eigenvalue weighted by molar-refractivity contribution is 5.74. The van der Waals surface area contributed by atoms with Crippen LogP contribution in [-0.4, -0.2) is 10.0 Å². The normalized spacial score (nSPS) is 11.4. The Morgan fingerprint density at radius 3 is 2.33 bits per heavy atom. The van der Waals surface area contributed by atoms with Crippen molar-refractivity contribution in [1.82, 2.24) is 0 Å². The Morgan fingerprint density at radius 2 is 1.81 bits per heavy atom. The van der Waals surface area contributed by atoms with Crippen molar-refractivity contribution in [2.45, 2.75) is 6.18 Å². The maximum atomic E-state index is 12.7. The molecule has 0 fully saturated rings. The zero-order valence-corrected chi connectivity index (χ0v) is 10.4. The summed E-state index contributed by atoms with van der Waals surface area (Å²) in [6, 6.07) is 6.45. The fraction of sp³-hybridized carbons (Fsp3) is 0.0769. The third kappa shape index (κ3) is 2.88. The van der Waals surface area contributed by atoms with Crippen molar-refractivity contribution >= 4 is 11.4 Å². The Balaban J connectivity index is 2.62. The Bertz CT molecular complexity index is 714. The van der Waals surface area contributed by atoms with Gasteiger partial charge in [0.15, 0.2) is 0 Å². The van der Waals surface area contributed by atoms with Gasteiger partial charge in [0.2, 0.25) is 0 Å². The van der Waals surface area contributed by atoms with Crippen LogP contribution >= 0.6 is 0 Å². The highest BCUT2D eigenvalue weighted by Gasteiger charge is 2.38. The third-order valence-electron chi connectivity index (χ3n) is 2.83. The maximum absolute atomic E-state index is 12.7. The van der Waals surface area contributed by atoms with Crippen LogP contribution in [0.15, 0.2) is 36.4 Å². The average Bonchev–Trinajstić information content (AvgIpc) is 2.37. The van der Waals surface area contributed by atoms with E-state index in [2.05, 4.69) is 0 Å². The number of nitrogens with zero attached hydrogens (tertiary/aromatic N) is 1. The minimum atomic E-state index is -4.83. The number of nitro groups is 1. The molecule has 0 atom stereocenters. The number of nitrogen functional groups attached to an aromatic ring is 1. The molecule has 0 aromatic heterocycles. The predicted octanol–water partition coefficient (Wildman–Crippen LogP) is 3.57. The van der Waals surface area contributed by atoms with E-state index in [9.17, 15) is 28.4 Å². The van der Waals surface area contributed by atoms with Gasteiger partial charge in [-0.1, -0.05) is 6.07 Å². The van der Waals surface area contributed by atoms with Gasteiger partial charge in [0.1, 0.15) is 11.3 Å². The lowest BCUT2D eigenvalue weighted by atomic mass is 10.0. The van der Waals surface area contributed by atoms with Gasteiger partial charge in [-0.3, -0.25) is 10.1 Å². The van der Waals surface area contributed by atoms with Gasteiger partial charge in [-0.05, 0) is 23.8 Å². The molecule has 0 saturated heterocycles. The lowest BCUT2D eigenvalue weighted by molar-refractivity contribution is -0.388. The highest BCUT2D eigenvalue weighted by atomic mass is 19.4. The van der Waals surface area contributed by atoms with Crippen LogP contribution in [0.3, 0.4) is 0 Å². The number of nitrogens with two attached hydrogens (primary N) is 1. The number of aromatic hydroxyl groups is 1. The number of benzene rings is 2. The smallest absolute Gasteiger partial charge is 0.422 e. The molecule has 2 aromatic rings. The summed E-state index contributed by atoms with van der Waals surface area (Å²) in [5, 5.41) is 20.5. The second kappa shape index (κ2) is 4.97. The highest BCUT2D eigenvalue weighted by Crippen LogP contribution is 2.39. The van der Waals surface area contributed by atoms with E-state index < -0.39 is 22.4 Å². The fourth-order valence-corrected chi connectivity index (χ4v) is 1.88.